The van der Waals surface area contributed by atoms with Gasteiger partial charge in [-0.3, -0.25) is 9.00 Å². The third-order valence-corrected chi connectivity index (χ3v) is 3.20. The van der Waals surface area contributed by atoms with Gasteiger partial charge in [0.25, 0.3) is 5.91 Å². The first kappa shape index (κ1) is 13.8. The minimum Gasteiger partial charge on any atom is -0.349 e. The Morgan fingerprint density at radius 3 is 2.76 bits per heavy atom. The zero-order valence-electron chi connectivity index (χ0n) is 10.1. The van der Waals surface area contributed by atoms with Crippen LogP contribution in [0.2, 0.25) is 0 Å². The molecule has 1 rings (SSSR count). The number of carbonyl (C=O) groups is 1. The molecule has 94 valence electrons. The number of halogens is 1. The van der Waals surface area contributed by atoms with Crippen molar-refractivity contribution in [2.45, 2.75) is 19.9 Å². The Hall–Kier alpha value is -1.23. The van der Waals surface area contributed by atoms with E-state index in [-0.39, 0.29) is 11.6 Å². The van der Waals surface area contributed by atoms with Gasteiger partial charge in [-0.05, 0) is 26.0 Å². The molecule has 0 aromatic heterocycles. The number of benzene rings is 1. The fraction of sp³-hybridized carbons (Fsp3) is 0.417. The summed E-state index contributed by atoms with van der Waals surface area (Å²) in [5.74, 6) is -0.652. The van der Waals surface area contributed by atoms with Crippen LogP contribution >= 0.6 is 0 Å². The van der Waals surface area contributed by atoms with Crippen LogP contribution in [-0.2, 0) is 10.8 Å². The van der Waals surface area contributed by atoms with Gasteiger partial charge in [0.2, 0.25) is 0 Å². The van der Waals surface area contributed by atoms with E-state index in [1.807, 2.05) is 0 Å². The largest absolute Gasteiger partial charge is 0.349 e. The smallest absolute Gasteiger partial charge is 0.254 e. The SMILES string of the molecule is Cc1ccc(F)c(C(=O)NC(C)CS(C)=O)c1. The summed E-state index contributed by atoms with van der Waals surface area (Å²) in [6.07, 6.45) is 1.57. The van der Waals surface area contributed by atoms with Crippen molar-refractivity contribution in [1.82, 2.24) is 5.32 Å². The maximum absolute atomic E-state index is 13.4. The summed E-state index contributed by atoms with van der Waals surface area (Å²) in [5.41, 5.74) is 0.849. The normalized spacial score (nSPS) is 14.1. The minimum absolute atomic E-state index is 0.0266. The predicted octanol–water partition coefficient (Wildman–Crippen LogP) is 1.63. The van der Waals surface area contributed by atoms with E-state index in [4.69, 9.17) is 0 Å². The van der Waals surface area contributed by atoms with Crippen molar-refractivity contribution in [1.29, 1.82) is 0 Å². The quantitative estimate of drug-likeness (QED) is 0.891. The molecular formula is C12H16FNO2S. The average Bonchev–Trinajstić information content (AvgIpc) is 2.20. The molecule has 0 saturated carbocycles. The molecule has 0 aliphatic carbocycles. The fourth-order valence-electron chi connectivity index (χ4n) is 1.51. The molecule has 0 aliphatic heterocycles. The molecule has 0 spiro atoms. The van der Waals surface area contributed by atoms with Gasteiger partial charge in [0.05, 0.1) is 5.56 Å². The first-order valence-electron chi connectivity index (χ1n) is 5.27. The number of hydrogen-bond donors (Lipinski definition) is 1. The zero-order chi connectivity index (χ0) is 13.0. The van der Waals surface area contributed by atoms with Crippen molar-refractivity contribution < 1.29 is 13.4 Å². The van der Waals surface area contributed by atoms with Crippen molar-refractivity contribution in [3.63, 3.8) is 0 Å². The maximum atomic E-state index is 13.4. The third kappa shape index (κ3) is 4.26. The van der Waals surface area contributed by atoms with Gasteiger partial charge in [0, 0.05) is 28.9 Å². The molecule has 5 heteroatoms. The van der Waals surface area contributed by atoms with E-state index >= 15 is 0 Å². The summed E-state index contributed by atoms with van der Waals surface area (Å²) in [6, 6.07) is 4.14. The summed E-state index contributed by atoms with van der Waals surface area (Å²) < 4.78 is 24.4. The van der Waals surface area contributed by atoms with E-state index in [0.29, 0.717) is 5.75 Å². The number of carbonyl (C=O) groups excluding carboxylic acids is 1. The van der Waals surface area contributed by atoms with E-state index < -0.39 is 22.5 Å². The Kier molecular flexibility index (Phi) is 4.81. The average molecular weight is 257 g/mol. The van der Waals surface area contributed by atoms with Gasteiger partial charge >= 0.3 is 0 Å². The van der Waals surface area contributed by atoms with Gasteiger partial charge in [0.15, 0.2) is 0 Å². The monoisotopic (exact) mass is 257 g/mol. The van der Waals surface area contributed by atoms with Crippen LogP contribution in [0.5, 0.6) is 0 Å². The Morgan fingerprint density at radius 1 is 1.53 bits per heavy atom. The number of nitrogens with one attached hydrogen (secondary N) is 1. The molecule has 3 nitrogen and oxygen atoms in total. The lowest BCUT2D eigenvalue weighted by atomic mass is 10.1. The van der Waals surface area contributed by atoms with Gasteiger partial charge in [-0.15, -0.1) is 0 Å². The lowest BCUT2D eigenvalue weighted by molar-refractivity contribution is 0.0939. The molecule has 0 radical (unpaired) electrons. The Bertz CT molecular complexity index is 448. The molecule has 2 atom stereocenters. The van der Waals surface area contributed by atoms with Crippen molar-refractivity contribution in [2.75, 3.05) is 12.0 Å². The highest BCUT2D eigenvalue weighted by Crippen LogP contribution is 2.10. The molecule has 0 aliphatic rings. The molecule has 0 bridgehead atoms. The third-order valence-electron chi connectivity index (χ3n) is 2.23. The van der Waals surface area contributed by atoms with Crippen LogP contribution in [0.3, 0.4) is 0 Å². The Morgan fingerprint density at radius 2 is 2.18 bits per heavy atom. The lowest BCUT2D eigenvalue weighted by Crippen LogP contribution is -2.36. The molecule has 1 amide bonds. The van der Waals surface area contributed by atoms with Gasteiger partial charge in [-0.25, -0.2) is 4.39 Å². The summed E-state index contributed by atoms with van der Waals surface area (Å²) in [6.45, 7) is 3.54. The molecule has 0 heterocycles. The van der Waals surface area contributed by atoms with E-state index in [2.05, 4.69) is 5.32 Å². The first-order valence-corrected chi connectivity index (χ1v) is 7.00. The van der Waals surface area contributed by atoms with E-state index in [0.717, 1.165) is 5.56 Å². The predicted molar refractivity (Wildman–Crippen MR) is 67.0 cm³/mol. The van der Waals surface area contributed by atoms with Crippen molar-refractivity contribution in [2.24, 2.45) is 0 Å². The van der Waals surface area contributed by atoms with Crippen molar-refractivity contribution >= 4 is 16.7 Å². The number of aryl methyl sites for hydroxylation is 1. The second kappa shape index (κ2) is 5.91. The van der Waals surface area contributed by atoms with Crippen LogP contribution in [0.4, 0.5) is 4.39 Å². The van der Waals surface area contributed by atoms with Gasteiger partial charge < -0.3 is 5.32 Å². The van der Waals surface area contributed by atoms with Crippen LogP contribution < -0.4 is 5.32 Å². The summed E-state index contributed by atoms with van der Waals surface area (Å²) in [4.78, 5) is 11.8. The number of amides is 1. The standard InChI is InChI=1S/C12H16FNO2S/c1-8-4-5-11(13)10(6-8)12(15)14-9(2)7-17(3)16/h4-6,9H,7H2,1-3H3,(H,14,15). The molecule has 0 saturated heterocycles. The first-order chi connectivity index (χ1) is 7.90. The fourth-order valence-corrected chi connectivity index (χ4v) is 2.30. The summed E-state index contributed by atoms with van der Waals surface area (Å²) in [5, 5.41) is 2.62. The highest BCUT2D eigenvalue weighted by atomic mass is 32.2. The van der Waals surface area contributed by atoms with Crippen LogP contribution in [-0.4, -0.2) is 28.2 Å². The highest BCUT2D eigenvalue weighted by Gasteiger charge is 2.14. The van der Waals surface area contributed by atoms with E-state index in [1.54, 1.807) is 26.2 Å². The molecule has 17 heavy (non-hydrogen) atoms. The van der Waals surface area contributed by atoms with Crippen LogP contribution in [0.25, 0.3) is 0 Å². The van der Waals surface area contributed by atoms with Crippen LogP contribution in [0.15, 0.2) is 18.2 Å². The maximum Gasteiger partial charge on any atom is 0.254 e. The van der Waals surface area contributed by atoms with Crippen LogP contribution in [0.1, 0.15) is 22.8 Å². The molecular weight excluding hydrogens is 241 g/mol. The Balaban J connectivity index is 2.76. The second-order valence-corrected chi connectivity index (χ2v) is 5.58. The number of hydrogen-bond acceptors (Lipinski definition) is 2. The molecule has 1 aromatic rings. The zero-order valence-corrected chi connectivity index (χ0v) is 10.9. The molecule has 0 fully saturated rings. The minimum atomic E-state index is -0.987. The summed E-state index contributed by atoms with van der Waals surface area (Å²) >= 11 is 0. The van der Waals surface area contributed by atoms with Crippen molar-refractivity contribution in [3.05, 3.63) is 35.1 Å². The van der Waals surface area contributed by atoms with E-state index in [9.17, 15) is 13.4 Å². The van der Waals surface area contributed by atoms with Gasteiger partial charge in [-0.1, -0.05) is 11.6 Å². The Labute approximate surface area is 103 Å². The van der Waals surface area contributed by atoms with Gasteiger partial charge in [-0.2, -0.15) is 0 Å². The molecule has 1 N–H and O–H groups in total. The van der Waals surface area contributed by atoms with Crippen LogP contribution in [0, 0.1) is 12.7 Å². The molecule has 1 aromatic carbocycles. The second-order valence-electron chi connectivity index (χ2n) is 4.10. The summed E-state index contributed by atoms with van der Waals surface area (Å²) in [7, 11) is -0.987. The topological polar surface area (TPSA) is 46.2 Å². The lowest BCUT2D eigenvalue weighted by Gasteiger charge is -2.13. The van der Waals surface area contributed by atoms with Gasteiger partial charge in [0.1, 0.15) is 5.82 Å². The molecule has 2 unspecified atom stereocenters. The van der Waals surface area contributed by atoms with Crippen molar-refractivity contribution in [3.8, 4) is 0 Å². The van der Waals surface area contributed by atoms with E-state index in [1.165, 1.54) is 12.1 Å². The number of rotatable bonds is 4. The highest BCUT2D eigenvalue weighted by molar-refractivity contribution is 7.84.